The van der Waals surface area contributed by atoms with E-state index < -0.39 is 0 Å². The van der Waals surface area contributed by atoms with E-state index in [0.717, 1.165) is 11.7 Å². The van der Waals surface area contributed by atoms with Crippen LogP contribution in [0.3, 0.4) is 0 Å². The van der Waals surface area contributed by atoms with Crippen molar-refractivity contribution in [2.75, 3.05) is 5.75 Å². The summed E-state index contributed by atoms with van der Waals surface area (Å²) in [6.45, 7) is 1.90. The Morgan fingerprint density at radius 2 is 2.23 bits per heavy atom. The highest BCUT2D eigenvalue weighted by Gasteiger charge is 2.18. The number of hydrogen-bond acceptors (Lipinski definition) is 3. The van der Waals surface area contributed by atoms with Gasteiger partial charge in [0, 0.05) is 0 Å². The lowest BCUT2D eigenvalue weighted by molar-refractivity contribution is -0.120. The van der Waals surface area contributed by atoms with Gasteiger partial charge in [0.15, 0.2) is 0 Å². The molecule has 3 N–H and O–H groups in total. The Labute approximate surface area is 83.8 Å². The van der Waals surface area contributed by atoms with Gasteiger partial charge in [0.2, 0.25) is 5.91 Å². The molecule has 13 heavy (non-hydrogen) atoms. The summed E-state index contributed by atoms with van der Waals surface area (Å²) in [5.74, 6) is 6.91. The average Bonchev–Trinajstić information content (AvgIpc) is 2.65. The Bertz CT molecular complexity index is 169. The molecule has 1 aliphatic rings. The van der Waals surface area contributed by atoms with Crippen molar-refractivity contribution in [1.29, 1.82) is 0 Å². The number of carbonyl (C=O) groups is 1. The van der Waals surface area contributed by atoms with Crippen LogP contribution in [0.15, 0.2) is 0 Å². The van der Waals surface area contributed by atoms with E-state index in [1.165, 1.54) is 25.7 Å². The molecule has 1 aliphatic carbocycles. The fourth-order valence-corrected chi connectivity index (χ4v) is 2.76. The first-order valence-corrected chi connectivity index (χ1v) is 5.91. The fourth-order valence-electron chi connectivity index (χ4n) is 1.65. The molecular formula is C9H18N2OS. The number of thioether (sulfide) groups is 1. The van der Waals surface area contributed by atoms with Crippen LogP contribution in [0.1, 0.15) is 32.6 Å². The average molecular weight is 202 g/mol. The normalized spacial score (nSPS) is 20.2. The summed E-state index contributed by atoms with van der Waals surface area (Å²) in [6.07, 6.45) is 5.40. The van der Waals surface area contributed by atoms with Gasteiger partial charge in [0.25, 0.3) is 0 Å². The van der Waals surface area contributed by atoms with Crippen LogP contribution >= 0.6 is 11.8 Å². The Balaban J connectivity index is 2.13. The highest BCUT2D eigenvalue weighted by atomic mass is 32.2. The first-order valence-electron chi connectivity index (χ1n) is 4.86. The van der Waals surface area contributed by atoms with Crippen LogP contribution in [0.4, 0.5) is 0 Å². The van der Waals surface area contributed by atoms with Crippen molar-refractivity contribution >= 4 is 17.7 Å². The summed E-state index contributed by atoms with van der Waals surface area (Å²) in [5.41, 5.74) is 2.18. The summed E-state index contributed by atoms with van der Waals surface area (Å²) in [4.78, 5) is 11.1. The van der Waals surface area contributed by atoms with Crippen LogP contribution in [0.2, 0.25) is 0 Å². The molecule has 4 heteroatoms. The van der Waals surface area contributed by atoms with Crippen LogP contribution in [0, 0.1) is 5.92 Å². The van der Waals surface area contributed by atoms with Crippen LogP contribution < -0.4 is 11.3 Å². The predicted molar refractivity (Wildman–Crippen MR) is 56.2 cm³/mol. The minimum Gasteiger partial charge on any atom is -0.293 e. The van der Waals surface area contributed by atoms with Crippen LogP contribution in [0.5, 0.6) is 0 Å². The van der Waals surface area contributed by atoms with Gasteiger partial charge in [0.1, 0.15) is 0 Å². The van der Waals surface area contributed by atoms with E-state index in [1.54, 1.807) is 11.8 Å². The van der Waals surface area contributed by atoms with Crippen LogP contribution in [-0.4, -0.2) is 16.9 Å². The minimum absolute atomic E-state index is 0.00870. The molecule has 1 fully saturated rings. The highest BCUT2D eigenvalue weighted by molar-refractivity contribution is 8.00. The molecule has 0 aromatic carbocycles. The Morgan fingerprint density at radius 3 is 2.77 bits per heavy atom. The standard InChI is InChI=1S/C9H18N2OS/c1-7(9(12)11-10)13-6-8-4-2-3-5-8/h7-8H,2-6,10H2,1H3,(H,11,12). The maximum Gasteiger partial charge on any atom is 0.246 e. The highest BCUT2D eigenvalue weighted by Crippen LogP contribution is 2.29. The largest absolute Gasteiger partial charge is 0.293 e. The van der Waals surface area contributed by atoms with E-state index in [2.05, 4.69) is 5.43 Å². The van der Waals surface area contributed by atoms with E-state index >= 15 is 0 Å². The monoisotopic (exact) mass is 202 g/mol. The lowest BCUT2D eigenvalue weighted by Crippen LogP contribution is -2.36. The van der Waals surface area contributed by atoms with Crippen molar-refractivity contribution in [1.82, 2.24) is 5.43 Å². The molecule has 0 spiro atoms. The molecule has 1 saturated carbocycles. The number of carbonyl (C=O) groups excluding carboxylic acids is 1. The van der Waals surface area contributed by atoms with Gasteiger partial charge in [-0.2, -0.15) is 0 Å². The lowest BCUT2D eigenvalue weighted by Gasteiger charge is -2.12. The van der Waals surface area contributed by atoms with Gasteiger partial charge in [-0.25, -0.2) is 5.84 Å². The van der Waals surface area contributed by atoms with Crippen LogP contribution in [0.25, 0.3) is 0 Å². The lowest BCUT2D eigenvalue weighted by atomic mass is 10.1. The summed E-state index contributed by atoms with van der Waals surface area (Å²) in [7, 11) is 0. The summed E-state index contributed by atoms with van der Waals surface area (Å²) in [5, 5.41) is -0.00870. The quantitative estimate of drug-likeness (QED) is 0.410. The van der Waals surface area contributed by atoms with E-state index in [-0.39, 0.29) is 11.2 Å². The van der Waals surface area contributed by atoms with Gasteiger partial charge in [-0.1, -0.05) is 12.8 Å². The molecule has 0 bridgehead atoms. The molecule has 0 radical (unpaired) electrons. The number of nitrogens with one attached hydrogen (secondary N) is 1. The SMILES string of the molecule is CC(SCC1CCCC1)C(=O)NN. The molecule has 1 atom stereocenters. The van der Waals surface area contributed by atoms with Gasteiger partial charge in [0.05, 0.1) is 5.25 Å². The van der Waals surface area contributed by atoms with Gasteiger partial charge >= 0.3 is 0 Å². The van der Waals surface area contributed by atoms with Gasteiger partial charge in [-0.15, -0.1) is 11.8 Å². The third-order valence-electron chi connectivity index (χ3n) is 2.57. The van der Waals surface area contributed by atoms with E-state index in [0.29, 0.717) is 0 Å². The maximum absolute atomic E-state index is 11.1. The molecule has 0 heterocycles. The Morgan fingerprint density at radius 1 is 1.62 bits per heavy atom. The fraction of sp³-hybridized carbons (Fsp3) is 0.889. The minimum atomic E-state index is -0.0667. The topological polar surface area (TPSA) is 55.1 Å². The Hall–Kier alpha value is -0.220. The van der Waals surface area contributed by atoms with E-state index in [4.69, 9.17) is 5.84 Å². The molecule has 1 unspecified atom stereocenters. The number of amides is 1. The first kappa shape index (κ1) is 10.9. The number of rotatable bonds is 4. The zero-order chi connectivity index (χ0) is 9.68. The van der Waals surface area contributed by atoms with Crippen molar-refractivity contribution in [3.8, 4) is 0 Å². The second kappa shape index (κ2) is 5.50. The van der Waals surface area contributed by atoms with Crippen LogP contribution in [-0.2, 0) is 4.79 Å². The Kier molecular flexibility index (Phi) is 4.59. The second-order valence-corrected chi connectivity index (χ2v) is 5.01. The first-order chi connectivity index (χ1) is 6.24. The van der Waals surface area contributed by atoms with E-state index in [1.807, 2.05) is 6.92 Å². The maximum atomic E-state index is 11.1. The van der Waals surface area contributed by atoms with Crippen molar-refractivity contribution in [2.45, 2.75) is 37.9 Å². The van der Waals surface area contributed by atoms with Gasteiger partial charge in [-0.05, 0) is 31.4 Å². The third-order valence-corrected chi connectivity index (χ3v) is 3.95. The summed E-state index contributed by atoms with van der Waals surface area (Å²) >= 11 is 1.71. The number of nitrogens with two attached hydrogens (primary N) is 1. The third kappa shape index (κ3) is 3.56. The van der Waals surface area contributed by atoms with Gasteiger partial charge in [-0.3, -0.25) is 10.2 Å². The predicted octanol–water partition coefficient (Wildman–Crippen LogP) is 1.29. The molecule has 0 saturated heterocycles. The molecule has 1 rings (SSSR count). The van der Waals surface area contributed by atoms with Crippen molar-refractivity contribution in [3.63, 3.8) is 0 Å². The van der Waals surface area contributed by atoms with Crippen molar-refractivity contribution in [2.24, 2.45) is 11.8 Å². The smallest absolute Gasteiger partial charge is 0.246 e. The van der Waals surface area contributed by atoms with Crippen molar-refractivity contribution in [3.05, 3.63) is 0 Å². The molecule has 76 valence electrons. The van der Waals surface area contributed by atoms with Gasteiger partial charge < -0.3 is 0 Å². The molecule has 0 aromatic heterocycles. The molecule has 0 aliphatic heterocycles. The number of hydrogen-bond donors (Lipinski definition) is 2. The second-order valence-electron chi connectivity index (χ2n) is 3.63. The summed E-state index contributed by atoms with van der Waals surface area (Å²) in [6, 6.07) is 0. The number of hydrazine groups is 1. The van der Waals surface area contributed by atoms with Crippen molar-refractivity contribution < 1.29 is 4.79 Å². The summed E-state index contributed by atoms with van der Waals surface area (Å²) < 4.78 is 0. The molecule has 0 aromatic rings. The zero-order valence-corrected chi connectivity index (χ0v) is 8.90. The van der Waals surface area contributed by atoms with E-state index in [9.17, 15) is 4.79 Å². The molecular weight excluding hydrogens is 184 g/mol. The zero-order valence-electron chi connectivity index (χ0n) is 8.08. The molecule has 3 nitrogen and oxygen atoms in total. The molecule has 1 amide bonds.